The summed E-state index contributed by atoms with van der Waals surface area (Å²) in [5.74, 6) is 0.815. The van der Waals surface area contributed by atoms with E-state index in [0.717, 1.165) is 5.56 Å². The van der Waals surface area contributed by atoms with Crippen LogP contribution >= 0.6 is 11.6 Å². The van der Waals surface area contributed by atoms with Crippen LogP contribution in [0.4, 0.5) is 4.79 Å². The predicted octanol–water partition coefficient (Wildman–Crippen LogP) is 7.04. The Morgan fingerprint density at radius 2 is 1.57 bits per heavy atom. The normalized spacial score (nSPS) is 16.0. The number of benzene rings is 3. The first-order valence-electron chi connectivity index (χ1n) is 17.8. The zero-order valence-corrected chi connectivity index (χ0v) is 33.2. The summed E-state index contributed by atoms with van der Waals surface area (Å²) >= 11 is 6.41. The van der Waals surface area contributed by atoms with Gasteiger partial charge in [-0.05, 0) is 82.0 Å². The molecule has 4 rings (SSSR count). The number of methoxy groups -OCH3 is 4. The molecule has 1 aliphatic heterocycles. The molecule has 3 aromatic carbocycles. The number of hydrogen-bond donors (Lipinski definition) is 1. The van der Waals surface area contributed by atoms with Gasteiger partial charge in [-0.1, -0.05) is 35.8 Å². The molecule has 54 heavy (non-hydrogen) atoms. The molecular formula is C40H51ClN4O9. The summed E-state index contributed by atoms with van der Waals surface area (Å²) in [6.45, 7) is 9.53. The third-order valence-corrected chi connectivity index (χ3v) is 9.03. The van der Waals surface area contributed by atoms with Gasteiger partial charge in [-0.2, -0.15) is 0 Å². The molecule has 3 amide bonds. The molecule has 2 atom stereocenters. The van der Waals surface area contributed by atoms with Crippen molar-refractivity contribution >= 4 is 35.3 Å². The number of oxime groups is 1. The third-order valence-electron chi connectivity index (χ3n) is 8.79. The Morgan fingerprint density at radius 3 is 2.13 bits per heavy atom. The second-order valence-corrected chi connectivity index (χ2v) is 14.1. The average Bonchev–Trinajstić information content (AvgIpc) is 3.27. The zero-order valence-electron chi connectivity index (χ0n) is 32.5. The number of halogens is 1. The van der Waals surface area contributed by atoms with Crippen LogP contribution in [0.5, 0.6) is 23.0 Å². The highest BCUT2D eigenvalue weighted by molar-refractivity contribution is 6.30. The predicted molar refractivity (Wildman–Crippen MR) is 206 cm³/mol. The molecule has 0 radical (unpaired) electrons. The molecule has 1 aliphatic rings. The summed E-state index contributed by atoms with van der Waals surface area (Å²) in [6.07, 6.45) is 0.705. The first-order valence-corrected chi connectivity index (χ1v) is 18.1. The Bertz CT molecular complexity index is 1780. The molecule has 0 bridgehead atoms. The number of amides is 3. The van der Waals surface area contributed by atoms with Crippen LogP contribution in [0.25, 0.3) is 0 Å². The van der Waals surface area contributed by atoms with E-state index in [1.807, 2.05) is 11.8 Å². The third kappa shape index (κ3) is 10.5. The van der Waals surface area contributed by atoms with Crippen LogP contribution < -0.4 is 24.3 Å². The van der Waals surface area contributed by atoms with E-state index >= 15 is 0 Å². The van der Waals surface area contributed by atoms with Gasteiger partial charge in [-0.25, -0.2) is 9.59 Å². The van der Waals surface area contributed by atoms with Gasteiger partial charge in [0.2, 0.25) is 5.91 Å². The van der Waals surface area contributed by atoms with Gasteiger partial charge in [0.1, 0.15) is 35.2 Å². The number of carbonyl (C=O) groups is 3. The fraction of sp³-hybridized carbons (Fsp3) is 0.450. The zero-order chi connectivity index (χ0) is 39.6. The lowest BCUT2D eigenvalue weighted by Gasteiger charge is -2.27. The van der Waals surface area contributed by atoms with E-state index in [1.54, 1.807) is 111 Å². The SMILES string of the molecule is CCON=C1CN(C(=O)N[C@H](CC)c2ccc(C(=O)OC(C)(C)C)cc2)C(=O)[C@H](Cc2cc(Cl)ccc2OC)CN1Cc1c(OC)cc(OC)cc1OC. The number of carbonyl (C=O) groups excluding carboxylic acids is 3. The van der Waals surface area contributed by atoms with Crippen molar-refractivity contribution in [3.8, 4) is 23.0 Å². The van der Waals surface area contributed by atoms with Crippen molar-refractivity contribution in [1.29, 1.82) is 0 Å². The minimum Gasteiger partial charge on any atom is -0.496 e. The van der Waals surface area contributed by atoms with Crippen LogP contribution in [-0.4, -0.2) is 87.3 Å². The van der Waals surface area contributed by atoms with Gasteiger partial charge in [-0.3, -0.25) is 9.69 Å². The van der Waals surface area contributed by atoms with E-state index in [4.69, 9.17) is 40.1 Å². The molecule has 1 fully saturated rings. The summed E-state index contributed by atoms with van der Waals surface area (Å²) in [7, 11) is 6.20. The van der Waals surface area contributed by atoms with Crippen LogP contribution in [0.3, 0.4) is 0 Å². The monoisotopic (exact) mass is 766 g/mol. The Kier molecular flexibility index (Phi) is 14.4. The van der Waals surface area contributed by atoms with Gasteiger partial charge in [0.25, 0.3) is 0 Å². The van der Waals surface area contributed by atoms with Crippen LogP contribution in [0.15, 0.2) is 59.8 Å². The maximum atomic E-state index is 14.6. The van der Waals surface area contributed by atoms with Gasteiger partial charge in [0, 0.05) is 23.7 Å². The Hall–Kier alpha value is -5.17. The lowest BCUT2D eigenvalue weighted by atomic mass is 9.96. The molecule has 1 N–H and O–H groups in total. The highest BCUT2D eigenvalue weighted by atomic mass is 35.5. The van der Waals surface area contributed by atoms with E-state index < -0.39 is 35.5 Å². The fourth-order valence-electron chi connectivity index (χ4n) is 6.13. The quantitative estimate of drug-likeness (QED) is 0.134. The van der Waals surface area contributed by atoms with E-state index in [1.165, 1.54) is 4.90 Å². The average molecular weight is 767 g/mol. The molecule has 0 unspecified atom stereocenters. The number of ether oxygens (including phenoxy) is 5. The van der Waals surface area contributed by atoms with Crippen molar-refractivity contribution in [3.05, 3.63) is 81.9 Å². The fourth-order valence-corrected chi connectivity index (χ4v) is 6.32. The highest BCUT2D eigenvalue weighted by Crippen LogP contribution is 2.36. The lowest BCUT2D eigenvalue weighted by molar-refractivity contribution is -0.131. The summed E-state index contributed by atoms with van der Waals surface area (Å²) in [4.78, 5) is 50.1. The minimum absolute atomic E-state index is 0.145. The molecule has 0 spiro atoms. The first kappa shape index (κ1) is 41.6. The number of rotatable bonds is 14. The molecule has 1 saturated heterocycles. The highest BCUT2D eigenvalue weighted by Gasteiger charge is 2.38. The maximum absolute atomic E-state index is 14.6. The molecule has 3 aromatic rings. The van der Waals surface area contributed by atoms with E-state index in [0.29, 0.717) is 57.0 Å². The second-order valence-electron chi connectivity index (χ2n) is 13.6. The van der Waals surface area contributed by atoms with Crippen molar-refractivity contribution in [2.45, 2.75) is 65.6 Å². The van der Waals surface area contributed by atoms with E-state index in [-0.39, 0.29) is 32.7 Å². The largest absolute Gasteiger partial charge is 0.496 e. The summed E-state index contributed by atoms with van der Waals surface area (Å²) < 4.78 is 28.1. The van der Waals surface area contributed by atoms with Gasteiger partial charge in [-0.15, -0.1) is 0 Å². The van der Waals surface area contributed by atoms with Crippen molar-refractivity contribution in [2.24, 2.45) is 11.1 Å². The minimum atomic E-state index is -0.763. The Labute approximate surface area is 322 Å². The standard InChI is InChI=1S/C40H51ClN4O9/c1-10-32(25-12-14-26(15-13-25)38(47)54-40(3,4)5)42-39(48)45-24-36(43-53-11-2)44(23-31-34(51-8)20-30(49-6)21-35(31)52-9)22-28(37(45)46)18-27-19-29(41)16-17-33(27)50-7/h12-17,19-21,28,32H,10-11,18,22-24H2,1-9H3,(H,42,48)/t28-,32-/m1/s1. The molecular weight excluding hydrogens is 716 g/mol. The van der Waals surface area contributed by atoms with Crippen LogP contribution in [-0.2, 0) is 27.3 Å². The topological polar surface area (TPSA) is 137 Å². The first-order chi connectivity index (χ1) is 25.7. The number of amidine groups is 1. The van der Waals surface area contributed by atoms with Gasteiger partial charge >= 0.3 is 12.0 Å². The number of esters is 1. The molecule has 0 aromatic heterocycles. The van der Waals surface area contributed by atoms with Gasteiger partial charge in [0.15, 0.2) is 5.84 Å². The smallest absolute Gasteiger partial charge is 0.338 e. The summed E-state index contributed by atoms with van der Waals surface area (Å²) in [5.41, 5.74) is 1.88. The maximum Gasteiger partial charge on any atom is 0.338 e. The molecule has 292 valence electrons. The van der Waals surface area contributed by atoms with Crippen LogP contribution in [0, 0.1) is 5.92 Å². The molecule has 14 heteroatoms. The van der Waals surface area contributed by atoms with Crippen molar-refractivity contribution in [3.63, 3.8) is 0 Å². The van der Waals surface area contributed by atoms with Crippen LogP contribution in [0.1, 0.15) is 74.1 Å². The Balaban J connectivity index is 1.74. The molecule has 1 heterocycles. The Morgan fingerprint density at radius 1 is 0.926 bits per heavy atom. The van der Waals surface area contributed by atoms with Crippen LogP contribution in [0.2, 0.25) is 5.02 Å². The summed E-state index contributed by atoms with van der Waals surface area (Å²) in [6, 6.07) is 14.5. The lowest BCUT2D eigenvalue weighted by Crippen LogP contribution is -2.48. The van der Waals surface area contributed by atoms with E-state index in [2.05, 4.69) is 10.5 Å². The molecule has 0 aliphatic carbocycles. The molecule has 13 nitrogen and oxygen atoms in total. The van der Waals surface area contributed by atoms with Crippen molar-refractivity contribution < 1.29 is 42.9 Å². The van der Waals surface area contributed by atoms with Gasteiger partial charge < -0.3 is 38.7 Å². The van der Waals surface area contributed by atoms with Crippen molar-refractivity contribution in [1.82, 2.24) is 15.1 Å². The van der Waals surface area contributed by atoms with Gasteiger partial charge in [0.05, 0.1) is 64.6 Å². The number of nitrogens with one attached hydrogen (secondary N) is 1. The molecule has 0 saturated carbocycles. The van der Waals surface area contributed by atoms with Crippen molar-refractivity contribution in [2.75, 3.05) is 48.1 Å². The number of hydrogen-bond acceptors (Lipinski definition) is 10. The number of urea groups is 1. The second kappa shape index (κ2) is 18.7. The number of imide groups is 1. The van der Waals surface area contributed by atoms with E-state index in [9.17, 15) is 14.4 Å². The summed E-state index contributed by atoms with van der Waals surface area (Å²) in [5, 5.41) is 7.94. The number of nitrogens with zero attached hydrogens (tertiary/aromatic N) is 3.